The van der Waals surface area contributed by atoms with Gasteiger partial charge in [-0.3, -0.25) is 4.79 Å². The molecular weight excluding hydrogens is 324 g/mol. The molecule has 0 saturated carbocycles. The average Bonchev–Trinajstić information content (AvgIpc) is 3.11. The van der Waals surface area contributed by atoms with Gasteiger partial charge in [-0.15, -0.1) is 0 Å². The Bertz CT molecular complexity index is 1040. The number of benzene rings is 3. The molecule has 126 valence electrons. The first-order valence-electron chi connectivity index (χ1n) is 8.33. The molecule has 0 aromatic heterocycles. The van der Waals surface area contributed by atoms with Crippen molar-refractivity contribution >= 4 is 5.91 Å². The first kappa shape index (κ1) is 15.9. The third-order valence-corrected chi connectivity index (χ3v) is 4.72. The number of carbonyl (C=O) groups is 1. The Labute approximate surface area is 151 Å². The van der Waals surface area contributed by atoms with Crippen LogP contribution in [-0.2, 0) is 0 Å². The lowest BCUT2D eigenvalue weighted by Gasteiger charge is -2.15. The molecule has 1 amide bonds. The van der Waals surface area contributed by atoms with Gasteiger partial charge < -0.3 is 10.5 Å². The van der Waals surface area contributed by atoms with E-state index in [1.165, 1.54) is 0 Å². The van der Waals surface area contributed by atoms with Crippen LogP contribution >= 0.6 is 0 Å². The monoisotopic (exact) mass is 340 g/mol. The summed E-state index contributed by atoms with van der Waals surface area (Å²) in [5, 5.41) is 9.20. The first-order valence-corrected chi connectivity index (χ1v) is 8.33. The molecule has 4 heteroatoms. The molecule has 1 atom stereocenters. The number of fused-ring (bicyclic) bond motifs is 1. The van der Waals surface area contributed by atoms with Gasteiger partial charge in [-0.2, -0.15) is 5.26 Å². The molecule has 1 aliphatic rings. The highest BCUT2D eigenvalue weighted by atomic mass is 16.5. The van der Waals surface area contributed by atoms with Gasteiger partial charge in [0.2, 0.25) is 5.91 Å². The minimum atomic E-state index is -0.468. The van der Waals surface area contributed by atoms with Crippen LogP contribution < -0.4 is 10.5 Å². The number of nitrogens with two attached hydrogens (primary N) is 1. The van der Waals surface area contributed by atoms with Crippen molar-refractivity contribution in [3.05, 3.63) is 89.0 Å². The molecule has 0 bridgehead atoms. The highest BCUT2D eigenvalue weighted by Gasteiger charge is 2.29. The van der Waals surface area contributed by atoms with E-state index < -0.39 is 5.91 Å². The third kappa shape index (κ3) is 2.70. The molecule has 4 rings (SSSR count). The van der Waals surface area contributed by atoms with Gasteiger partial charge in [-0.1, -0.05) is 36.4 Å². The second kappa shape index (κ2) is 6.38. The standard InChI is InChI=1S/C22H16N2O2/c23-12-14-6-9-21-19(10-14)20(13-26-21)18-11-16(7-8-17(18)22(24)25)15-4-2-1-3-5-15/h1-11,20H,13H2,(H2,24,25). The van der Waals surface area contributed by atoms with Gasteiger partial charge >= 0.3 is 0 Å². The Morgan fingerprint density at radius 3 is 2.54 bits per heavy atom. The minimum Gasteiger partial charge on any atom is -0.492 e. The predicted octanol–water partition coefficient (Wildman–Crippen LogP) is 3.85. The number of carbonyl (C=O) groups excluding carboxylic acids is 1. The fraction of sp³-hybridized carbons (Fsp3) is 0.0909. The van der Waals surface area contributed by atoms with Crippen LogP contribution in [0.25, 0.3) is 11.1 Å². The second-order valence-corrected chi connectivity index (χ2v) is 6.26. The Morgan fingerprint density at radius 2 is 1.81 bits per heavy atom. The van der Waals surface area contributed by atoms with Crippen molar-refractivity contribution in [1.29, 1.82) is 5.26 Å². The molecule has 0 saturated heterocycles. The van der Waals surface area contributed by atoms with E-state index in [-0.39, 0.29) is 5.92 Å². The molecule has 0 radical (unpaired) electrons. The SMILES string of the molecule is N#Cc1ccc2c(c1)C(c1cc(-c3ccccc3)ccc1C(N)=O)CO2. The summed E-state index contributed by atoms with van der Waals surface area (Å²) in [6, 6.07) is 23.2. The second-order valence-electron chi connectivity index (χ2n) is 6.26. The number of ether oxygens (including phenoxy) is 1. The Balaban J connectivity index is 1.87. The number of nitriles is 1. The molecule has 2 N–H and O–H groups in total. The van der Waals surface area contributed by atoms with Crippen LogP contribution in [-0.4, -0.2) is 12.5 Å². The molecule has 0 fully saturated rings. The highest BCUT2D eigenvalue weighted by Crippen LogP contribution is 2.40. The fourth-order valence-electron chi connectivity index (χ4n) is 3.43. The van der Waals surface area contributed by atoms with Crippen LogP contribution in [0.15, 0.2) is 66.7 Å². The van der Waals surface area contributed by atoms with Gasteiger partial charge in [-0.25, -0.2) is 0 Å². The topological polar surface area (TPSA) is 76.1 Å². The van der Waals surface area contributed by atoms with E-state index in [9.17, 15) is 10.1 Å². The summed E-state index contributed by atoms with van der Waals surface area (Å²) in [5.41, 5.74) is 10.5. The van der Waals surface area contributed by atoms with Crippen molar-refractivity contribution < 1.29 is 9.53 Å². The van der Waals surface area contributed by atoms with E-state index in [1.807, 2.05) is 48.5 Å². The van der Waals surface area contributed by atoms with Crippen LogP contribution in [0, 0.1) is 11.3 Å². The highest BCUT2D eigenvalue weighted by molar-refractivity contribution is 5.95. The third-order valence-electron chi connectivity index (χ3n) is 4.72. The van der Waals surface area contributed by atoms with Gasteiger partial charge in [0.1, 0.15) is 5.75 Å². The van der Waals surface area contributed by atoms with E-state index in [0.29, 0.717) is 17.7 Å². The average molecular weight is 340 g/mol. The lowest BCUT2D eigenvalue weighted by Crippen LogP contribution is -2.17. The van der Waals surface area contributed by atoms with Crippen LogP contribution in [0.4, 0.5) is 0 Å². The Hall–Kier alpha value is -3.58. The van der Waals surface area contributed by atoms with Crippen molar-refractivity contribution in [2.75, 3.05) is 6.61 Å². The zero-order chi connectivity index (χ0) is 18.1. The zero-order valence-corrected chi connectivity index (χ0v) is 14.0. The maximum atomic E-state index is 12.0. The number of nitrogens with zero attached hydrogens (tertiary/aromatic N) is 1. The van der Waals surface area contributed by atoms with Crippen molar-refractivity contribution in [3.63, 3.8) is 0 Å². The number of hydrogen-bond donors (Lipinski definition) is 1. The maximum Gasteiger partial charge on any atom is 0.249 e. The molecule has 1 unspecified atom stereocenters. The molecule has 4 nitrogen and oxygen atoms in total. The molecule has 26 heavy (non-hydrogen) atoms. The summed E-state index contributed by atoms with van der Waals surface area (Å²) < 4.78 is 5.78. The van der Waals surface area contributed by atoms with Gasteiger partial charge in [0, 0.05) is 17.0 Å². The molecule has 3 aromatic rings. The Kier molecular flexibility index (Phi) is 3.91. The van der Waals surface area contributed by atoms with Crippen molar-refractivity contribution in [1.82, 2.24) is 0 Å². The minimum absolute atomic E-state index is 0.135. The van der Waals surface area contributed by atoms with Gasteiger partial charge in [0.25, 0.3) is 0 Å². The fourth-order valence-corrected chi connectivity index (χ4v) is 3.43. The maximum absolute atomic E-state index is 12.0. The van der Waals surface area contributed by atoms with Gasteiger partial charge in [-0.05, 0) is 47.0 Å². The number of rotatable bonds is 3. The lowest BCUT2D eigenvalue weighted by atomic mass is 9.86. The quantitative estimate of drug-likeness (QED) is 0.787. The smallest absolute Gasteiger partial charge is 0.249 e. The normalized spacial score (nSPS) is 15.0. The number of primary amides is 1. The zero-order valence-electron chi connectivity index (χ0n) is 14.0. The molecule has 3 aromatic carbocycles. The van der Waals surface area contributed by atoms with Gasteiger partial charge in [0.05, 0.1) is 18.2 Å². The van der Waals surface area contributed by atoms with E-state index in [4.69, 9.17) is 10.5 Å². The summed E-state index contributed by atoms with van der Waals surface area (Å²) in [5.74, 6) is 0.142. The van der Waals surface area contributed by atoms with Crippen LogP contribution in [0.5, 0.6) is 5.75 Å². The van der Waals surface area contributed by atoms with E-state index in [2.05, 4.69) is 6.07 Å². The van der Waals surface area contributed by atoms with E-state index >= 15 is 0 Å². The van der Waals surface area contributed by atoms with Crippen molar-refractivity contribution in [2.45, 2.75) is 5.92 Å². The first-order chi connectivity index (χ1) is 12.7. The molecule has 0 aliphatic carbocycles. The van der Waals surface area contributed by atoms with Crippen LogP contribution in [0.2, 0.25) is 0 Å². The number of amides is 1. The van der Waals surface area contributed by atoms with Crippen molar-refractivity contribution in [2.24, 2.45) is 5.73 Å². The summed E-state index contributed by atoms with van der Waals surface area (Å²) in [7, 11) is 0. The molecule has 1 heterocycles. The summed E-state index contributed by atoms with van der Waals surface area (Å²) in [6.07, 6.45) is 0. The lowest BCUT2D eigenvalue weighted by molar-refractivity contribution is 0.0999. The van der Waals surface area contributed by atoms with Crippen LogP contribution in [0.3, 0.4) is 0 Å². The number of hydrogen-bond acceptors (Lipinski definition) is 3. The van der Waals surface area contributed by atoms with E-state index in [0.717, 1.165) is 28.0 Å². The van der Waals surface area contributed by atoms with Gasteiger partial charge in [0.15, 0.2) is 0 Å². The molecule has 1 aliphatic heterocycles. The molecule has 0 spiro atoms. The summed E-state index contributed by atoms with van der Waals surface area (Å²) in [4.78, 5) is 12.0. The van der Waals surface area contributed by atoms with Crippen molar-refractivity contribution in [3.8, 4) is 22.9 Å². The predicted molar refractivity (Wildman–Crippen MR) is 98.9 cm³/mol. The van der Waals surface area contributed by atoms with E-state index in [1.54, 1.807) is 18.2 Å². The summed E-state index contributed by atoms with van der Waals surface area (Å²) >= 11 is 0. The summed E-state index contributed by atoms with van der Waals surface area (Å²) in [6.45, 7) is 0.419. The largest absolute Gasteiger partial charge is 0.492 e. The molecular formula is C22H16N2O2. The van der Waals surface area contributed by atoms with Crippen LogP contribution in [0.1, 0.15) is 33.0 Å². The Morgan fingerprint density at radius 1 is 1.00 bits per heavy atom.